The van der Waals surface area contributed by atoms with E-state index in [0.29, 0.717) is 12.3 Å². The maximum atomic E-state index is 12.0. The Hall–Kier alpha value is -3.67. The van der Waals surface area contributed by atoms with Gasteiger partial charge in [-0.2, -0.15) is 0 Å². The van der Waals surface area contributed by atoms with Crippen LogP contribution in [0.3, 0.4) is 0 Å². The highest BCUT2D eigenvalue weighted by Crippen LogP contribution is 2.26. The number of aromatic nitrogens is 1. The molecule has 0 aliphatic carbocycles. The van der Waals surface area contributed by atoms with Gasteiger partial charge in [0.15, 0.2) is 0 Å². The van der Waals surface area contributed by atoms with Crippen LogP contribution in [0.4, 0.5) is 5.69 Å². The van der Waals surface area contributed by atoms with Crippen molar-refractivity contribution in [2.24, 2.45) is 0 Å². The molecule has 0 saturated heterocycles. The summed E-state index contributed by atoms with van der Waals surface area (Å²) in [5.74, 6) is 0.182. The Bertz CT molecular complexity index is 1020. The fraction of sp³-hybridized carbons (Fsp3) is 0.208. The normalized spacial score (nSPS) is 10.3. The summed E-state index contributed by atoms with van der Waals surface area (Å²) in [6, 6.07) is 21.1. The molecule has 0 spiro atoms. The lowest BCUT2D eigenvalue weighted by molar-refractivity contribution is -0.144. The number of pyridine rings is 1. The van der Waals surface area contributed by atoms with Crippen molar-refractivity contribution in [1.82, 2.24) is 4.98 Å². The number of esters is 1. The average Bonchev–Trinajstić information content (AvgIpc) is 2.78. The van der Waals surface area contributed by atoms with Gasteiger partial charge in [0.2, 0.25) is 5.91 Å². The van der Waals surface area contributed by atoms with Gasteiger partial charge in [0.1, 0.15) is 5.75 Å². The highest BCUT2D eigenvalue weighted by molar-refractivity contribution is 5.92. The van der Waals surface area contributed by atoms with Crippen LogP contribution in [0.15, 0.2) is 66.7 Å². The minimum Gasteiger partial charge on any atom is -0.497 e. The predicted octanol–water partition coefficient (Wildman–Crippen LogP) is 4.71. The van der Waals surface area contributed by atoms with E-state index in [1.165, 1.54) is 0 Å². The molecule has 0 saturated carbocycles. The van der Waals surface area contributed by atoms with Crippen molar-refractivity contribution in [3.05, 3.63) is 66.7 Å². The first-order chi connectivity index (χ1) is 14.6. The molecule has 30 heavy (non-hydrogen) atoms. The van der Waals surface area contributed by atoms with Gasteiger partial charge in [-0.15, -0.1) is 0 Å². The number of amides is 1. The number of benzene rings is 2. The van der Waals surface area contributed by atoms with Crippen molar-refractivity contribution in [1.29, 1.82) is 0 Å². The average molecular weight is 404 g/mol. The quantitative estimate of drug-likeness (QED) is 0.551. The zero-order valence-corrected chi connectivity index (χ0v) is 17.1. The van der Waals surface area contributed by atoms with Crippen molar-refractivity contribution in [2.75, 3.05) is 19.0 Å². The number of methoxy groups -OCH3 is 1. The number of carbonyl (C=O) groups excluding carboxylic acids is 2. The maximum Gasteiger partial charge on any atom is 0.306 e. The number of rotatable bonds is 8. The topological polar surface area (TPSA) is 77.5 Å². The fourth-order valence-electron chi connectivity index (χ4n) is 2.94. The smallest absolute Gasteiger partial charge is 0.306 e. The molecule has 1 heterocycles. The molecule has 2 aromatic carbocycles. The van der Waals surface area contributed by atoms with Crippen LogP contribution in [0.1, 0.15) is 19.8 Å². The summed E-state index contributed by atoms with van der Waals surface area (Å²) in [7, 11) is 1.64. The van der Waals surface area contributed by atoms with E-state index < -0.39 is 0 Å². The minimum absolute atomic E-state index is 0.0682. The van der Waals surface area contributed by atoms with Crippen LogP contribution in [0.25, 0.3) is 22.5 Å². The molecule has 1 N–H and O–H groups in total. The number of ether oxygens (including phenoxy) is 2. The maximum absolute atomic E-state index is 12.0. The third kappa shape index (κ3) is 5.67. The molecule has 1 amide bonds. The molecule has 3 aromatic rings. The summed E-state index contributed by atoms with van der Waals surface area (Å²) in [5.41, 5.74) is 4.25. The zero-order chi connectivity index (χ0) is 21.3. The van der Waals surface area contributed by atoms with Gasteiger partial charge in [0.25, 0.3) is 0 Å². The second-order valence-electron chi connectivity index (χ2n) is 6.57. The molecule has 0 unspecified atom stereocenters. The van der Waals surface area contributed by atoms with E-state index in [1.54, 1.807) is 14.0 Å². The Morgan fingerprint density at radius 2 is 1.60 bits per heavy atom. The number of hydrogen-bond acceptors (Lipinski definition) is 5. The molecule has 1 aromatic heterocycles. The van der Waals surface area contributed by atoms with Gasteiger partial charge in [-0.05, 0) is 43.3 Å². The SMILES string of the molecule is CCOC(=O)CCC(=O)Nc1ccc(-c2cccc(-c3cccc(OC)c3)n2)cc1. The number of nitrogens with one attached hydrogen (secondary N) is 1. The van der Waals surface area contributed by atoms with Crippen LogP contribution in [0.5, 0.6) is 5.75 Å². The van der Waals surface area contributed by atoms with Crippen LogP contribution >= 0.6 is 0 Å². The summed E-state index contributed by atoms with van der Waals surface area (Å²) in [5, 5.41) is 2.79. The van der Waals surface area contributed by atoms with Crippen LogP contribution in [0.2, 0.25) is 0 Å². The van der Waals surface area contributed by atoms with E-state index in [2.05, 4.69) is 5.32 Å². The second kappa shape index (κ2) is 10.2. The van der Waals surface area contributed by atoms with Crippen molar-refractivity contribution in [3.63, 3.8) is 0 Å². The largest absolute Gasteiger partial charge is 0.497 e. The lowest BCUT2D eigenvalue weighted by Crippen LogP contribution is -2.14. The third-order valence-electron chi connectivity index (χ3n) is 4.44. The molecule has 3 rings (SSSR count). The van der Waals surface area contributed by atoms with E-state index in [-0.39, 0.29) is 24.7 Å². The molecule has 0 bridgehead atoms. The first-order valence-electron chi connectivity index (χ1n) is 9.76. The number of anilines is 1. The first-order valence-corrected chi connectivity index (χ1v) is 9.76. The molecule has 6 heteroatoms. The first kappa shape index (κ1) is 21.0. The Kier molecular flexibility index (Phi) is 7.16. The number of nitrogens with zero attached hydrogens (tertiary/aromatic N) is 1. The molecule has 0 fully saturated rings. The lowest BCUT2D eigenvalue weighted by atomic mass is 10.1. The van der Waals surface area contributed by atoms with Gasteiger partial charge in [0.05, 0.1) is 31.5 Å². The summed E-state index contributed by atoms with van der Waals surface area (Å²) in [6.45, 7) is 2.05. The highest BCUT2D eigenvalue weighted by atomic mass is 16.5. The highest BCUT2D eigenvalue weighted by Gasteiger charge is 2.09. The molecular formula is C24H24N2O4. The van der Waals surface area contributed by atoms with Crippen molar-refractivity contribution in [3.8, 4) is 28.3 Å². The Balaban J connectivity index is 1.67. The van der Waals surface area contributed by atoms with E-state index in [4.69, 9.17) is 14.5 Å². The molecule has 154 valence electrons. The lowest BCUT2D eigenvalue weighted by Gasteiger charge is -2.08. The summed E-state index contributed by atoms with van der Waals surface area (Å²) in [4.78, 5) is 28.1. The Morgan fingerprint density at radius 3 is 2.30 bits per heavy atom. The molecule has 0 aliphatic rings. The van der Waals surface area contributed by atoms with Gasteiger partial charge >= 0.3 is 5.97 Å². The monoisotopic (exact) mass is 404 g/mol. The van der Waals surface area contributed by atoms with Crippen molar-refractivity contribution >= 4 is 17.6 Å². The van der Waals surface area contributed by atoms with Crippen LogP contribution < -0.4 is 10.1 Å². The van der Waals surface area contributed by atoms with Gasteiger partial charge in [-0.3, -0.25) is 9.59 Å². The van der Waals surface area contributed by atoms with E-state index in [0.717, 1.165) is 28.3 Å². The van der Waals surface area contributed by atoms with E-state index >= 15 is 0 Å². The summed E-state index contributed by atoms with van der Waals surface area (Å²) < 4.78 is 10.1. The van der Waals surface area contributed by atoms with Crippen LogP contribution in [0, 0.1) is 0 Å². The number of hydrogen-bond donors (Lipinski definition) is 1. The molecule has 0 aliphatic heterocycles. The van der Waals surface area contributed by atoms with E-state index in [1.807, 2.05) is 66.7 Å². The van der Waals surface area contributed by atoms with Crippen LogP contribution in [-0.4, -0.2) is 30.6 Å². The van der Waals surface area contributed by atoms with Crippen molar-refractivity contribution in [2.45, 2.75) is 19.8 Å². The van der Waals surface area contributed by atoms with Gasteiger partial charge < -0.3 is 14.8 Å². The minimum atomic E-state index is -0.370. The summed E-state index contributed by atoms with van der Waals surface area (Å²) in [6.07, 6.45) is 0.156. The molecular weight excluding hydrogens is 380 g/mol. The second-order valence-corrected chi connectivity index (χ2v) is 6.57. The van der Waals surface area contributed by atoms with Gasteiger partial charge in [0, 0.05) is 23.2 Å². The summed E-state index contributed by atoms with van der Waals surface area (Å²) >= 11 is 0. The Morgan fingerprint density at radius 1 is 0.900 bits per heavy atom. The molecule has 0 atom stereocenters. The molecule has 6 nitrogen and oxygen atoms in total. The fourth-order valence-corrected chi connectivity index (χ4v) is 2.94. The van der Waals surface area contributed by atoms with Crippen LogP contribution in [-0.2, 0) is 14.3 Å². The standard InChI is InChI=1S/C24H24N2O4/c1-3-30-24(28)15-14-23(27)25-19-12-10-17(11-13-19)21-8-5-9-22(26-21)18-6-4-7-20(16-18)29-2/h4-13,16H,3,14-15H2,1-2H3,(H,25,27). The zero-order valence-electron chi connectivity index (χ0n) is 17.1. The Labute approximate surface area is 175 Å². The number of carbonyl (C=O) groups is 2. The predicted molar refractivity (Wildman–Crippen MR) is 116 cm³/mol. The molecule has 0 radical (unpaired) electrons. The van der Waals surface area contributed by atoms with Crippen molar-refractivity contribution < 1.29 is 19.1 Å². The third-order valence-corrected chi connectivity index (χ3v) is 4.44. The van der Waals surface area contributed by atoms with E-state index in [9.17, 15) is 9.59 Å². The van der Waals surface area contributed by atoms with Gasteiger partial charge in [-0.1, -0.05) is 30.3 Å². The van der Waals surface area contributed by atoms with Gasteiger partial charge in [-0.25, -0.2) is 4.98 Å².